The summed E-state index contributed by atoms with van der Waals surface area (Å²) in [5, 5.41) is 20.5. The molecule has 75 heavy (non-hydrogen) atoms. The van der Waals surface area contributed by atoms with Crippen LogP contribution >= 0.6 is 37.2 Å². The van der Waals surface area contributed by atoms with Gasteiger partial charge in [-0.1, -0.05) is 71.7 Å². The predicted molar refractivity (Wildman–Crippen MR) is 267 cm³/mol. The zero-order valence-electron chi connectivity index (χ0n) is 40.2. The van der Waals surface area contributed by atoms with Crippen LogP contribution in [0.2, 0.25) is 0 Å². The molecule has 410 valence electrons. The Morgan fingerprint density at radius 1 is 1.03 bits per heavy atom. The highest BCUT2D eigenvalue weighted by Gasteiger charge is 2.50. The van der Waals surface area contributed by atoms with Crippen molar-refractivity contribution < 1.29 is 75.8 Å². The fourth-order valence-electron chi connectivity index (χ4n) is 7.27. The molecule has 6 rings (SSSR count). The van der Waals surface area contributed by atoms with Crippen LogP contribution in [0.15, 0.2) is 59.1 Å². The van der Waals surface area contributed by atoms with Crippen LogP contribution < -0.4 is 33.5 Å². The Hall–Kier alpha value is -5.47. The summed E-state index contributed by atoms with van der Waals surface area (Å²) in [6, 6.07) is 5.36. The van der Waals surface area contributed by atoms with Crippen molar-refractivity contribution in [3.05, 3.63) is 75.7 Å². The van der Waals surface area contributed by atoms with Crippen LogP contribution in [0.4, 0.5) is 22.1 Å². The number of ether oxygens (including phenoxy) is 4. The van der Waals surface area contributed by atoms with Crippen LogP contribution in [0.3, 0.4) is 0 Å². The number of alkyl carbamates (subject to hydrolysis) is 1. The number of azide groups is 1. The molecule has 35 heteroatoms. The number of aromatic nitrogens is 6. The maximum atomic E-state index is 13.6. The first-order chi connectivity index (χ1) is 35.4. The summed E-state index contributed by atoms with van der Waals surface area (Å²) < 4.78 is 65.2. The van der Waals surface area contributed by atoms with Crippen molar-refractivity contribution in [1.29, 1.82) is 0 Å². The molecule has 2 fully saturated rings. The number of unbranched alkanes of at least 4 members (excludes halogenated alkanes) is 1. The minimum atomic E-state index is -5.24. The molecular formula is C40H56N14O17P2S2. The van der Waals surface area contributed by atoms with Gasteiger partial charge in [-0.25, -0.2) is 33.7 Å². The second-order valence-corrected chi connectivity index (χ2v) is 23.5. The maximum Gasteiger partial charge on any atom is 0.472 e. The van der Waals surface area contributed by atoms with E-state index in [2.05, 4.69) is 45.1 Å². The van der Waals surface area contributed by atoms with E-state index in [4.69, 9.17) is 50.7 Å². The number of imidazole rings is 1. The zero-order chi connectivity index (χ0) is 54.7. The molecule has 2 amide bonds. The van der Waals surface area contributed by atoms with Gasteiger partial charge in [0.1, 0.15) is 67.0 Å². The normalized spacial score (nSPS) is 22.4. The van der Waals surface area contributed by atoms with Crippen LogP contribution in [0.1, 0.15) is 64.5 Å². The number of nitrogen functional groups attached to an aromatic ring is 2. The highest BCUT2D eigenvalue weighted by molar-refractivity contribution is 8.77. The van der Waals surface area contributed by atoms with Gasteiger partial charge in [0.05, 0.1) is 19.5 Å². The van der Waals surface area contributed by atoms with E-state index in [1.165, 1.54) is 44.7 Å². The molecule has 2 aliphatic heterocycles. The van der Waals surface area contributed by atoms with Gasteiger partial charge in [-0.05, 0) is 36.4 Å². The topological polar surface area (TPSA) is 460 Å². The molecule has 4 aromatic rings. The van der Waals surface area contributed by atoms with E-state index in [0.29, 0.717) is 17.7 Å². The van der Waals surface area contributed by atoms with E-state index >= 15 is 0 Å². The number of amides is 2. The predicted octanol–water partition coefficient (Wildman–Crippen LogP) is 2.35. The smallest absolute Gasteiger partial charge is 0.455 e. The van der Waals surface area contributed by atoms with Crippen molar-refractivity contribution in [3.63, 3.8) is 0 Å². The molecule has 0 spiro atoms. The lowest BCUT2D eigenvalue weighted by molar-refractivity contribution is -0.158. The molecule has 0 bridgehead atoms. The zero-order valence-corrected chi connectivity index (χ0v) is 43.7. The Balaban J connectivity index is 1.06. The molecule has 1 aromatic carbocycles. The van der Waals surface area contributed by atoms with Crippen molar-refractivity contribution in [2.45, 2.75) is 113 Å². The van der Waals surface area contributed by atoms with Crippen LogP contribution in [-0.2, 0) is 57.8 Å². The number of aliphatic hydroxyl groups is 1. The van der Waals surface area contributed by atoms with Crippen molar-refractivity contribution in [2.24, 2.45) is 10.8 Å². The fraction of sp³-hybridized carbons (Fsp3) is 0.550. The molecule has 5 heterocycles. The third kappa shape index (κ3) is 17.3. The van der Waals surface area contributed by atoms with Gasteiger partial charge in [-0.15, -0.1) is 0 Å². The summed E-state index contributed by atoms with van der Waals surface area (Å²) >= 11 is 0. The number of nitrogens with zero attached hydrogens (tertiary/aromatic N) is 9. The molecular weight excluding hydrogens is 1070 g/mol. The summed E-state index contributed by atoms with van der Waals surface area (Å²) in [5.74, 6) is -1.43. The van der Waals surface area contributed by atoms with Gasteiger partial charge < -0.3 is 66.6 Å². The number of benzene rings is 1. The largest absolute Gasteiger partial charge is 0.472 e. The second-order valence-electron chi connectivity index (χ2n) is 17.6. The van der Waals surface area contributed by atoms with E-state index in [9.17, 15) is 48.1 Å². The number of esters is 1. The minimum Gasteiger partial charge on any atom is -0.455 e. The molecule has 2 aliphatic rings. The van der Waals surface area contributed by atoms with Crippen molar-refractivity contribution in [3.8, 4) is 0 Å². The van der Waals surface area contributed by atoms with Gasteiger partial charge in [-0.2, -0.15) is 4.98 Å². The average molecular weight is 1130 g/mol. The molecule has 10 atom stereocenters. The Labute approximate surface area is 434 Å². The quantitative estimate of drug-likeness (QED) is 0.00874. The van der Waals surface area contributed by atoms with E-state index in [1.54, 1.807) is 24.3 Å². The summed E-state index contributed by atoms with van der Waals surface area (Å²) in [6.07, 6.45) is -7.48. The summed E-state index contributed by atoms with van der Waals surface area (Å²) in [7, 11) is -7.42. The van der Waals surface area contributed by atoms with Crippen LogP contribution in [-0.4, -0.2) is 140 Å². The maximum absolute atomic E-state index is 13.6. The first-order valence-electron chi connectivity index (χ1n) is 22.6. The second kappa shape index (κ2) is 26.1. The number of carbonyl (C=O) groups is 3. The van der Waals surface area contributed by atoms with Gasteiger partial charge in [0.15, 0.2) is 23.8 Å². The van der Waals surface area contributed by atoms with E-state index in [1.807, 2.05) is 20.8 Å². The molecule has 2 saturated heterocycles. The van der Waals surface area contributed by atoms with Crippen molar-refractivity contribution in [2.75, 3.05) is 37.0 Å². The van der Waals surface area contributed by atoms with Gasteiger partial charge in [-0.3, -0.25) is 32.3 Å². The molecule has 2 unspecified atom stereocenters. The first kappa shape index (κ1) is 58.8. The van der Waals surface area contributed by atoms with Gasteiger partial charge >= 0.3 is 33.4 Å². The van der Waals surface area contributed by atoms with E-state index < -0.39 is 108 Å². The van der Waals surface area contributed by atoms with E-state index in [-0.39, 0.29) is 65.7 Å². The number of nitrogens with two attached hydrogens (primary N) is 3. The third-order valence-corrected chi connectivity index (χ3v) is 15.7. The number of hydrogen-bond donors (Lipinski definition) is 9. The third-order valence-electron chi connectivity index (χ3n) is 10.8. The molecule has 3 aromatic heterocycles. The standard InChI is InChI=1S/C40H56N14O17P2S2/c1-40(2,3)75-74-18-24(49-39(59)65-15-21-7-9-22(10-8-21)51-52-44)35(56)45-12-5-4-6-23(41)37(57)70-32-27(69-36(31(32)55)54-20-48-30-33(43)46-19-47-34(30)54)17-67-73(63,64)71-25-14-29(53-13-11-28(42)50-38(53)58)68-26(25)16-66-72(60,61)62/h7-11,13,19-20,23-27,29,31-32,36,55H,4-6,12,14-18,41H2,1-3H3,(H,45,56)(H,49,59)(H,63,64)(H2,42,50,58)(H2,43,46,47)(H2,60,61,62)/t23-,24?,25-,26+,27+,29+,31+,32+,36+/m0/s1. The first-order valence-corrected chi connectivity index (χ1v) is 28.0. The number of fused-ring (bicyclic) bond motifs is 1. The van der Waals surface area contributed by atoms with E-state index in [0.717, 1.165) is 10.9 Å². The Morgan fingerprint density at radius 3 is 2.45 bits per heavy atom. The number of hydrogen-bond acceptors (Lipinski definition) is 24. The lowest BCUT2D eigenvalue weighted by atomic mass is 10.1. The fourth-order valence-corrected chi connectivity index (χ4v) is 11.0. The van der Waals surface area contributed by atoms with Crippen molar-refractivity contribution in [1.82, 2.24) is 39.7 Å². The highest BCUT2D eigenvalue weighted by atomic mass is 33.1. The SMILES string of the molecule is CC(C)(C)SSCC(NC(=O)OCc1ccc(N=[N+]=[N-])cc1)C(=O)NCCCC[C@H](N)C(=O)O[C@H]1[C@@H](O)[C@H](n2cnc3c(N)ncnc32)O[C@@H]1COP(=O)(O)O[C@H]1C[C@H](n2ccc(N)nc2=O)O[C@@H]1COP(=O)(O)O. The van der Waals surface area contributed by atoms with Crippen LogP contribution in [0.25, 0.3) is 21.6 Å². The number of anilines is 2. The molecule has 12 N–H and O–H groups in total. The number of carbonyl (C=O) groups excluding carboxylic acids is 3. The Bertz CT molecular complexity index is 2840. The average Bonchev–Trinajstić information content (AvgIpc) is 4.04. The molecule has 0 saturated carbocycles. The Morgan fingerprint density at radius 2 is 1.76 bits per heavy atom. The summed E-state index contributed by atoms with van der Waals surface area (Å²) in [6.45, 7) is 4.25. The Kier molecular flexibility index (Phi) is 20.4. The number of aliphatic hydroxyl groups excluding tert-OH is 1. The van der Waals surface area contributed by atoms with Gasteiger partial charge in [0.25, 0.3) is 0 Å². The van der Waals surface area contributed by atoms with Gasteiger partial charge in [0.2, 0.25) is 5.91 Å². The number of phosphoric acid groups is 2. The van der Waals surface area contributed by atoms with Gasteiger partial charge in [0, 0.05) is 40.3 Å². The summed E-state index contributed by atoms with van der Waals surface area (Å²) in [5.41, 5.74) is 26.8. The summed E-state index contributed by atoms with van der Waals surface area (Å²) in [4.78, 5) is 100. The molecule has 0 aliphatic carbocycles. The number of nitrogens with one attached hydrogen (secondary N) is 2. The number of phosphoric ester groups is 2. The molecule has 31 nitrogen and oxygen atoms in total. The van der Waals surface area contributed by atoms with Crippen LogP contribution in [0.5, 0.6) is 0 Å². The van der Waals surface area contributed by atoms with Crippen molar-refractivity contribution >= 4 is 83.7 Å². The lowest BCUT2D eigenvalue weighted by Gasteiger charge is -2.24. The number of rotatable bonds is 25. The lowest BCUT2D eigenvalue weighted by Crippen LogP contribution is -2.48. The minimum absolute atomic E-state index is 0.00594. The monoisotopic (exact) mass is 1130 g/mol. The van der Waals surface area contributed by atoms with Crippen LogP contribution in [0, 0.1) is 0 Å². The molecule has 0 radical (unpaired) electrons. The highest BCUT2D eigenvalue weighted by Crippen LogP contribution is 2.50.